The Balaban J connectivity index is 2.06. The fraction of sp³-hybridized carbons (Fsp3) is 0.222. The summed E-state index contributed by atoms with van der Waals surface area (Å²) in [7, 11) is 0. The highest BCUT2D eigenvalue weighted by molar-refractivity contribution is 6.30. The van der Waals surface area contributed by atoms with Crippen LogP contribution in [0.4, 0.5) is 0 Å². The standard InChI is InChI=1S/C18H19ClN4O/c1-11-16(13-3-5-14(19)6-4-13)17(18(20)24)12(2)23(11)8-7-15-9-21-10-22-15/h3-6,9-10H,7-8H2,1-2H3,(H2,20,24)(H,21,22). The molecule has 124 valence electrons. The topological polar surface area (TPSA) is 76.7 Å². The number of nitrogens with one attached hydrogen (secondary N) is 1. The van der Waals surface area contributed by atoms with Gasteiger partial charge < -0.3 is 15.3 Å². The number of aromatic nitrogens is 3. The second-order valence-electron chi connectivity index (χ2n) is 5.77. The number of aryl methyl sites for hydroxylation is 1. The molecular weight excluding hydrogens is 324 g/mol. The molecule has 0 spiro atoms. The van der Waals surface area contributed by atoms with E-state index in [4.69, 9.17) is 17.3 Å². The molecule has 3 aromatic rings. The molecule has 0 bridgehead atoms. The number of imidazole rings is 1. The lowest BCUT2D eigenvalue weighted by Crippen LogP contribution is -2.13. The van der Waals surface area contributed by atoms with E-state index in [1.165, 1.54) is 0 Å². The van der Waals surface area contributed by atoms with Gasteiger partial charge in [-0.05, 0) is 31.5 Å². The molecule has 2 heterocycles. The Bertz CT molecular complexity index is 864. The fourth-order valence-electron chi connectivity index (χ4n) is 3.14. The van der Waals surface area contributed by atoms with Crippen molar-refractivity contribution in [2.45, 2.75) is 26.8 Å². The van der Waals surface area contributed by atoms with Crippen LogP contribution >= 0.6 is 11.6 Å². The summed E-state index contributed by atoms with van der Waals surface area (Å²) in [6.07, 6.45) is 4.27. The summed E-state index contributed by atoms with van der Waals surface area (Å²) in [4.78, 5) is 19.2. The highest BCUT2D eigenvalue weighted by Gasteiger charge is 2.22. The third-order valence-corrected chi connectivity index (χ3v) is 4.57. The number of hydrogen-bond donors (Lipinski definition) is 2. The number of aromatic amines is 1. The number of benzene rings is 1. The van der Waals surface area contributed by atoms with Gasteiger partial charge in [0.1, 0.15) is 0 Å². The average Bonchev–Trinajstić information content (AvgIpc) is 3.13. The molecule has 6 heteroatoms. The molecule has 1 amide bonds. The molecule has 3 N–H and O–H groups in total. The van der Waals surface area contributed by atoms with Crippen molar-refractivity contribution in [1.82, 2.24) is 14.5 Å². The van der Waals surface area contributed by atoms with Crippen LogP contribution in [0.3, 0.4) is 0 Å². The normalized spacial score (nSPS) is 11.0. The van der Waals surface area contributed by atoms with Crippen molar-refractivity contribution in [3.05, 3.63) is 64.5 Å². The minimum Gasteiger partial charge on any atom is -0.366 e. The summed E-state index contributed by atoms with van der Waals surface area (Å²) >= 11 is 5.98. The van der Waals surface area contributed by atoms with Gasteiger partial charge in [-0.15, -0.1) is 0 Å². The van der Waals surface area contributed by atoms with Gasteiger partial charge in [0.15, 0.2) is 0 Å². The van der Waals surface area contributed by atoms with Crippen molar-refractivity contribution in [2.24, 2.45) is 5.73 Å². The molecule has 24 heavy (non-hydrogen) atoms. The molecule has 0 aliphatic rings. The van der Waals surface area contributed by atoms with E-state index in [0.29, 0.717) is 10.6 Å². The smallest absolute Gasteiger partial charge is 0.251 e. The van der Waals surface area contributed by atoms with E-state index < -0.39 is 5.91 Å². The maximum absolute atomic E-state index is 12.0. The van der Waals surface area contributed by atoms with Crippen molar-refractivity contribution < 1.29 is 4.79 Å². The maximum atomic E-state index is 12.0. The summed E-state index contributed by atoms with van der Waals surface area (Å²) in [6.45, 7) is 4.68. The van der Waals surface area contributed by atoms with E-state index in [1.807, 2.05) is 44.3 Å². The van der Waals surface area contributed by atoms with Gasteiger partial charge in [0, 0.05) is 46.8 Å². The molecule has 1 aromatic carbocycles. The van der Waals surface area contributed by atoms with Crippen LogP contribution in [0, 0.1) is 13.8 Å². The first-order valence-corrected chi connectivity index (χ1v) is 8.09. The molecule has 0 unspecified atom stereocenters. The van der Waals surface area contributed by atoms with Gasteiger partial charge in [-0.1, -0.05) is 23.7 Å². The number of amides is 1. The minimum atomic E-state index is -0.416. The Morgan fingerprint density at radius 2 is 1.96 bits per heavy atom. The van der Waals surface area contributed by atoms with Crippen LogP contribution in [-0.2, 0) is 13.0 Å². The first-order valence-electron chi connectivity index (χ1n) is 7.71. The zero-order chi connectivity index (χ0) is 17.3. The number of hydrogen-bond acceptors (Lipinski definition) is 2. The van der Waals surface area contributed by atoms with Crippen molar-refractivity contribution in [2.75, 3.05) is 0 Å². The number of nitrogens with zero attached hydrogens (tertiary/aromatic N) is 2. The predicted octanol–water partition coefficient (Wildman–Crippen LogP) is 3.49. The van der Waals surface area contributed by atoms with Gasteiger partial charge in [-0.3, -0.25) is 4.79 Å². The number of primary amides is 1. The van der Waals surface area contributed by atoms with Crippen LogP contribution in [-0.4, -0.2) is 20.4 Å². The molecule has 0 atom stereocenters. The summed E-state index contributed by atoms with van der Waals surface area (Å²) in [5.41, 5.74) is 11.0. The lowest BCUT2D eigenvalue weighted by atomic mass is 10.0. The van der Waals surface area contributed by atoms with Crippen LogP contribution in [0.5, 0.6) is 0 Å². The zero-order valence-electron chi connectivity index (χ0n) is 13.6. The van der Waals surface area contributed by atoms with E-state index in [1.54, 1.807) is 6.33 Å². The highest BCUT2D eigenvalue weighted by Crippen LogP contribution is 2.33. The Labute approximate surface area is 145 Å². The van der Waals surface area contributed by atoms with E-state index in [0.717, 1.165) is 41.2 Å². The molecule has 0 aliphatic carbocycles. The quantitative estimate of drug-likeness (QED) is 0.744. The second-order valence-corrected chi connectivity index (χ2v) is 6.21. The largest absolute Gasteiger partial charge is 0.366 e. The van der Waals surface area contributed by atoms with Crippen molar-refractivity contribution in [1.29, 1.82) is 0 Å². The molecule has 0 saturated carbocycles. The molecular formula is C18H19ClN4O. The second kappa shape index (κ2) is 6.53. The lowest BCUT2D eigenvalue weighted by molar-refractivity contribution is 0.1000. The number of carbonyl (C=O) groups excluding carboxylic acids is 1. The number of nitrogens with two attached hydrogens (primary N) is 1. The summed E-state index contributed by atoms with van der Waals surface area (Å²) < 4.78 is 2.13. The van der Waals surface area contributed by atoms with Gasteiger partial charge in [0.2, 0.25) is 0 Å². The van der Waals surface area contributed by atoms with E-state index in [-0.39, 0.29) is 0 Å². The minimum absolute atomic E-state index is 0.416. The third kappa shape index (κ3) is 2.95. The van der Waals surface area contributed by atoms with Crippen LogP contribution in [0.25, 0.3) is 11.1 Å². The molecule has 2 aromatic heterocycles. The monoisotopic (exact) mass is 342 g/mol. The van der Waals surface area contributed by atoms with Gasteiger partial charge in [-0.2, -0.15) is 0 Å². The molecule has 0 fully saturated rings. The molecule has 0 radical (unpaired) electrons. The predicted molar refractivity (Wildman–Crippen MR) is 95.2 cm³/mol. The van der Waals surface area contributed by atoms with Gasteiger partial charge in [-0.25, -0.2) is 4.98 Å². The van der Waals surface area contributed by atoms with Crippen LogP contribution in [0.2, 0.25) is 5.02 Å². The lowest BCUT2D eigenvalue weighted by Gasteiger charge is -2.09. The fourth-order valence-corrected chi connectivity index (χ4v) is 3.27. The summed E-state index contributed by atoms with van der Waals surface area (Å²) in [6, 6.07) is 7.46. The number of H-pyrrole nitrogens is 1. The van der Waals surface area contributed by atoms with Crippen molar-refractivity contribution in [3.63, 3.8) is 0 Å². The summed E-state index contributed by atoms with van der Waals surface area (Å²) in [5, 5.41) is 0.660. The molecule has 5 nitrogen and oxygen atoms in total. The van der Waals surface area contributed by atoms with Gasteiger partial charge in [0.25, 0.3) is 5.91 Å². The first kappa shape index (κ1) is 16.3. The summed E-state index contributed by atoms with van der Waals surface area (Å²) in [5.74, 6) is -0.416. The van der Waals surface area contributed by atoms with Gasteiger partial charge >= 0.3 is 0 Å². The zero-order valence-corrected chi connectivity index (χ0v) is 14.4. The Kier molecular flexibility index (Phi) is 4.44. The highest BCUT2D eigenvalue weighted by atomic mass is 35.5. The Hall–Kier alpha value is -2.53. The molecule has 0 aliphatic heterocycles. The van der Waals surface area contributed by atoms with E-state index >= 15 is 0 Å². The first-order chi connectivity index (χ1) is 11.5. The Morgan fingerprint density at radius 1 is 1.25 bits per heavy atom. The van der Waals surface area contributed by atoms with Crippen molar-refractivity contribution in [3.8, 4) is 11.1 Å². The number of halogens is 1. The maximum Gasteiger partial charge on any atom is 0.251 e. The Morgan fingerprint density at radius 3 is 2.54 bits per heavy atom. The van der Waals surface area contributed by atoms with Crippen LogP contribution < -0.4 is 5.73 Å². The van der Waals surface area contributed by atoms with E-state index in [9.17, 15) is 4.79 Å². The third-order valence-electron chi connectivity index (χ3n) is 4.32. The molecule has 3 rings (SSSR count). The van der Waals surface area contributed by atoms with Gasteiger partial charge in [0.05, 0.1) is 11.9 Å². The average molecular weight is 343 g/mol. The number of rotatable bonds is 5. The molecule has 0 saturated heterocycles. The number of carbonyl (C=O) groups is 1. The van der Waals surface area contributed by atoms with Crippen LogP contribution in [0.1, 0.15) is 27.4 Å². The SMILES string of the molecule is Cc1c(C(N)=O)c(-c2ccc(Cl)cc2)c(C)n1CCc1cnc[nH]1. The van der Waals surface area contributed by atoms with Crippen molar-refractivity contribution >= 4 is 17.5 Å². The van der Waals surface area contributed by atoms with E-state index in [2.05, 4.69) is 14.5 Å². The van der Waals surface area contributed by atoms with Crippen LogP contribution in [0.15, 0.2) is 36.8 Å².